The second-order valence-electron chi connectivity index (χ2n) is 3.06. The minimum absolute atomic E-state index is 0.0343. The van der Waals surface area contributed by atoms with E-state index >= 15 is 0 Å². The fraction of sp³-hybridized carbons (Fsp3) is 0.444. The van der Waals surface area contributed by atoms with Gasteiger partial charge in [0.1, 0.15) is 18.2 Å². The first kappa shape index (κ1) is 12.2. The Balaban J connectivity index is 2.81. The number of primary amides is 1. The van der Waals surface area contributed by atoms with Crippen molar-refractivity contribution in [3.05, 3.63) is 11.9 Å². The molecule has 0 aliphatic heterocycles. The number of carbonyl (C=O) groups is 1. The molecule has 7 heteroatoms. The summed E-state index contributed by atoms with van der Waals surface area (Å²) in [5, 5.41) is 5.69. The van der Waals surface area contributed by atoms with Gasteiger partial charge in [0.2, 0.25) is 5.91 Å². The lowest BCUT2D eigenvalue weighted by molar-refractivity contribution is -0.116. The number of hydrogen-bond acceptors (Lipinski definition) is 6. The summed E-state index contributed by atoms with van der Waals surface area (Å²) in [6.07, 6.45) is 0. The van der Waals surface area contributed by atoms with E-state index in [2.05, 4.69) is 20.6 Å². The van der Waals surface area contributed by atoms with Crippen LogP contribution in [0.4, 0.5) is 11.6 Å². The van der Waals surface area contributed by atoms with Crippen molar-refractivity contribution in [2.24, 2.45) is 5.73 Å². The summed E-state index contributed by atoms with van der Waals surface area (Å²) in [6, 6.07) is 1.68. The third-order valence-electron chi connectivity index (χ3n) is 1.75. The van der Waals surface area contributed by atoms with Gasteiger partial charge < -0.3 is 21.1 Å². The number of carbonyl (C=O) groups excluding carboxylic acids is 1. The van der Waals surface area contributed by atoms with E-state index in [0.29, 0.717) is 24.1 Å². The number of anilines is 2. The van der Waals surface area contributed by atoms with E-state index in [-0.39, 0.29) is 6.54 Å². The van der Waals surface area contributed by atoms with Crippen LogP contribution in [-0.4, -0.2) is 36.6 Å². The Bertz CT molecular complexity index is 369. The van der Waals surface area contributed by atoms with Crippen LogP contribution in [0.15, 0.2) is 6.07 Å². The van der Waals surface area contributed by atoms with E-state index in [0.717, 1.165) is 0 Å². The molecule has 1 aromatic heterocycles. The monoisotopic (exact) mass is 225 g/mol. The smallest absolute Gasteiger partial charge is 0.236 e. The predicted molar refractivity (Wildman–Crippen MR) is 60.0 cm³/mol. The molecule has 1 rings (SSSR count). The number of methoxy groups -OCH3 is 1. The molecule has 0 fully saturated rings. The van der Waals surface area contributed by atoms with Crippen LogP contribution in [0.2, 0.25) is 0 Å². The van der Waals surface area contributed by atoms with Crippen molar-refractivity contribution in [1.82, 2.24) is 9.97 Å². The van der Waals surface area contributed by atoms with E-state index in [9.17, 15) is 4.79 Å². The molecule has 0 spiro atoms. The van der Waals surface area contributed by atoms with Gasteiger partial charge in [0.25, 0.3) is 0 Å². The van der Waals surface area contributed by atoms with E-state index < -0.39 is 5.91 Å². The van der Waals surface area contributed by atoms with Gasteiger partial charge in [0.15, 0.2) is 5.82 Å². The molecule has 1 heterocycles. The van der Waals surface area contributed by atoms with Crippen LogP contribution < -0.4 is 16.4 Å². The van der Waals surface area contributed by atoms with Crippen LogP contribution >= 0.6 is 0 Å². The Morgan fingerprint density at radius 3 is 2.75 bits per heavy atom. The van der Waals surface area contributed by atoms with E-state index in [1.165, 1.54) is 0 Å². The van der Waals surface area contributed by atoms with Crippen molar-refractivity contribution < 1.29 is 9.53 Å². The van der Waals surface area contributed by atoms with Crippen molar-refractivity contribution in [3.63, 3.8) is 0 Å². The normalized spacial score (nSPS) is 9.88. The zero-order chi connectivity index (χ0) is 12.0. The van der Waals surface area contributed by atoms with Crippen LogP contribution in [0, 0.1) is 0 Å². The maximum Gasteiger partial charge on any atom is 0.236 e. The summed E-state index contributed by atoms with van der Waals surface area (Å²) in [5.41, 5.74) is 5.02. The highest BCUT2D eigenvalue weighted by molar-refractivity contribution is 5.78. The molecule has 0 atom stereocenters. The zero-order valence-corrected chi connectivity index (χ0v) is 9.28. The molecule has 0 aliphatic rings. The number of nitrogens with two attached hydrogens (primary N) is 1. The number of nitrogens with one attached hydrogen (secondary N) is 2. The van der Waals surface area contributed by atoms with Crippen molar-refractivity contribution in [2.45, 2.75) is 6.61 Å². The Morgan fingerprint density at radius 2 is 2.19 bits per heavy atom. The summed E-state index contributed by atoms with van der Waals surface area (Å²) >= 11 is 0. The fourth-order valence-electron chi connectivity index (χ4n) is 1.09. The number of ether oxygens (including phenoxy) is 1. The molecular weight excluding hydrogens is 210 g/mol. The molecule has 0 bridgehead atoms. The first-order valence-electron chi connectivity index (χ1n) is 4.72. The quantitative estimate of drug-likeness (QED) is 0.606. The number of aromatic nitrogens is 2. The lowest BCUT2D eigenvalue weighted by Crippen LogP contribution is -2.22. The van der Waals surface area contributed by atoms with E-state index in [1.54, 1.807) is 20.2 Å². The molecule has 0 unspecified atom stereocenters. The van der Waals surface area contributed by atoms with Crippen LogP contribution in [0.1, 0.15) is 5.82 Å². The van der Waals surface area contributed by atoms with Crippen LogP contribution in [0.5, 0.6) is 0 Å². The van der Waals surface area contributed by atoms with Gasteiger partial charge >= 0.3 is 0 Å². The molecule has 0 aromatic carbocycles. The van der Waals surface area contributed by atoms with Crippen LogP contribution in [0.25, 0.3) is 0 Å². The van der Waals surface area contributed by atoms with Gasteiger partial charge in [0.05, 0.1) is 6.54 Å². The molecule has 4 N–H and O–H groups in total. The summed E-state index contributed by atoms with van der Waals surface area (Å²) in [5.74, 6) is 1.26. The number of rotatable bonds is 6. The second kappa shape index (κ2) is 5.86. The van der Waals surface area contributed by atoms with Crippen molar-refractivity contribution in [1.29, 1.82) is 0 Å². The van der Waals surface area contributed by atoms with Gasteiger partial charge in [-0.15, -0.1) is 0 Å². The Kier molecular flexibility index (Phi) is 4.46. The van der Waals surface area contributed by atoms with Crippen LogP contribution in [-0.2, 0) is 16.1 Å². The number of amides is 1. The van der Waals surface area contributed by atoms with E-state index in [4.69, 9.17) is 10.5 Å². The fourth-order valence-corrected chi connectivity index (χ4v) is 1.09. The third kappa shape index (κ3) is 3.70. The van der Waals surface area contributed by atoms with E-state index in [1.807, 2.05) is 0 Å². The van der Waals surface area contributed by atoms with Gasteiger partial charge in [-0.3, -0.25) is 4.79 Å². The summed E-state index contributed by atoms with van der Waals surface area (Å²) < 4.78 is 4.94. The molecule has 0 saturated heterocycles. The average molecular weight is 225 g/mol. The van der Waals surface area contributed by atoms with Crippen molar-refractivity contribution >= 4 is 17.5 Å². The van der Waals surface area contributed by atoms with Gasteiger partial charge in [0, 0.05) is 20.2 Å². The minimum Gasteiger partial charge on any atom is -0.377 e. The molecule has 0 aliphatic carbocycles. The van der Waals surface area contributed by atoms with Crippen molar-refractivity contribution in [3.8, 4) is 0 Å². The topological polar surface area (TPSA) is 102 Å². The molecular formula is C9H15N5O2. The Morgan fingerprint density at radius 1 is 1.50 bits per heavy atom. The average Bonchev–Trinajstić information content (AvgIpc) is 2.26. The first-order chi connectivity index (χ1) is 7.65. The molecule has 0 radical (unpaired) electrons. The number of nitrogens with zero attached hydrogens (tertiary/aromatic N) is 2. The molecule has 16 heavy (non-hydrogen) atoms. The number of hydrogen-bond donors (Lipinski definition) is 3. The zero-order valence-electron chi connectivity index (χ0n) is 9.28. The first-order valence-corrected chi connectivity index (χ1v) is 4.72. The maximum atomic E-state index is 10.6. The highest BCUT2D eigenvalue weighted by atomic mass is 16.5. The molecule has 1 amide bonds. The minimum atomic E-state index is -0.446. The molecule has 1 aromatic rings. The van der Waals surface area contributed by atoms with Gasteiger partial charge in [-0.05, 0) is 0 Å². The second-order valence-corrected chi connectivity index (χ2v) is 3.06. The summed E-state index contributed by atoms with van der Waals surface area (Å²) in [4.78, 5) is 18.9. The lowest BCUT2D eigenvalue weighted by Gasteiger charge is -2.08. The largest absolute Gasteiger partial charge is 0.377 e. The standard InChI is InChI=1S/C9H15N5O2/c1-11-7-3-8(12-4-6(10)15)14-9(13-7)5-16-2/h3H,4-5H2,1-2H3,(H2,10,15)(H2,11,12,13,14). The third-order valence-corrected chi connectivity index (χ3v) is 1.75. The lowest BCUT2D eigenvalue weighted by atomic mass is 10.4. The van der Waals surface area contributed by atoms with Crippen LogP contribution in [0.3, 0.4) is 0 Å². The highest BCUT2D eigenvalue weighted by Gasteiger charge is 2.04. The molecule has 88 valence electrons. The summed E-state index contributed by atoms with van der Waals surface area (Å²) in [7, 11) is 3.31. The van der Waals surface area contributed by atoms with Crippen molar-refractivity contribution in [2.75, 3.05) is 31.3 Å². The SMILES string of the molecule is CNc1cc(NCC(N)=O)nc(COC)n1. The predicted octanol–water partition coefficient (Wildman–Crippen LogP) is -0.438. The summed E-state index contributed by atoms with van der Waals surface area (Å²) in [6.45, 7) is 0.341. The molecule has 7 nitrogen and oxygen atoms in total. The van der Waals surface area contributed by atoms with Gasteiger partial charge in [-0.2, -0.15) is 0 Å². The Labute approximate surface area is 93.4 Å². The molecule has 0 saturated carbocycles. The van der Waals surface area contributed by atoms with Gasteiger partial charge in [-0.1, -0.05) is 0 Å². The van der Waals surface area contributed by atoms with Gasteiger partial charge in [-0.25, -0.2) is 9.97 Å². The highest BCUT2D eigenvalue weighted by Crippen LogP contribution is 2.10. The Hall–Kier alpha value is -1.89. The maximum absolute atomic E-state index is 10.6.